The Hall–Kier alpha value is -2.49. The number of hydrogen-bond acceptors (Lipinski definition) is 8. The first-order valence-electron chi connectivity index (χ1n) is 9.22. The second-order valence-electron chi connectivity index (χ2n) is 6.85. The van der Waals surface area contributed by atoms with Gasteiger partial charge < -0.3 is 24.0 Å². The Morgan fingerprint density at radius 3 is 2.74 bits per heavy atom. The van der Waals surface area contributed by atoms with Crippen molar-refractivity contribution in [3.05, 3.63) is 23.4 Å². The number of nitrogens with zero attached hydrogens (tertiary/aromatic N) is 5. The molecule has 0 aliphatic heterocycles. The zero-order valence-electron chi connectivity index (χ0n) is 16.0. The molecule has 0 aromatic carbocycles. The molecule has 1 N–H and O–H groups in total. The molecule has 0 unspecified atom stereocenters. The van der Waals surface area contributed by atoms with Crippen molar-refractivity contribution in [2.75, 3.05) is 20.8 Å². The van der Waals surface area contributed by atoms with Crippen molar-refractivity contribution in [3.63, 3.8) is 0 Å². The molecule has 0 bridgehead atoms. The summed E-state index contributed by atoms with van der Waals surface area (Å²) in [5.74, 6) is 2.44. The van der Waals surface area contributed by atoms with Gasteiger partial charge in [-0.05, 0) is 19.8 Å². The average Bonchev–Trinajstić information content (AvgIpc) is 3.40. The van der Waals surface area contributed by atoms with Gasteiger partial charge in [-0.25, -0.2) is 4.79 Å². The summed E-state index contributed by atoms with van der Waals surface area (Å²) in [6, 6.07) is -0.700. The lowest BCUT2D eigenvalue weighted by Gasteiger charge is -2.18. The highest BCUT2D eigenvalue weighted by Crippen LogP contribution is 2.32. The molecular weight excluding hydrogens is 352 g/mol. The first kappa shape index (κ1) is 19.3. The third kappa shape index (κ3) is 5.03. The summed E-state index contributed by atoms with van der Waals surface area (Å²) in [6.45, 7) is 2.56. The molecule has 2 aromatic rings. The molecule has 2 heterocycles. The van der Waals surface area contributed by atoms with Crippen LogP contribution in [-0.4, -0.2) is 52.0 Å². The average molecular weight is 378 g/mol. The number of rotatable bonds is 8. The van der Waals surface area contributed by atoms with Gasteiger partial charge in [-0.3, -0.25) is 0 Å². The molecule has 1 aliphatic rings. The molecule has 0 spiro atoms. The normalized spacial score (nSPS) is 15.8. The van der Waals surface area contributed by atoms with Crippen molar-refractivity contribution >= 4 is 6.03 Å². The van der Waals surface area contributed by atoms with Crippen LogP contribution in [0.15, 0.2) is 9.05 Å². The van der Waals surface area contributed by atoms with Gasteiger partial charge >= 0.3 is 6.03 Å². The monoisotopic (exact) mass is 378 g/mol. The van der Waals surface area contributed by atoms with Gasteiger partial charge in [-0.2, -0.15) is 9.97 Å². The molecule has 1 atom stereocenters. The molecule has 3 rings (SSSR count). The topological polar surface area (TPSA) is 119 Å². The lowest BCUT2D eigenvalue weighted by molar-refractivity contribution is 0.198. The molecule has 1 saturated carbocycles. The van der Waals surface area contributed by atoms with Crippen LogP contribution in [0.25, 0.3) is 0 Å². The second-order valence-corrected chi connectivity index (χ2v) is 6.85. The predicted octanol–water partition coefficient (Wildman–Crippen LogP) is 2.20. The van der Waals surface area contributed by atoms with E-state index >= 15 is 0 Å². The maximum absolute atomic E-state index is 12.4. The fourth-order valence-corrected chi connectivity index (χ4v) is 3.05. The molecular formula is C17H26N6O4. The molecule has 1 aliphatic carbocycles. The Bertz CT molecular complexity index is 739. The minimum Gasteiger partial charge on any atom is -0.384 e. The van der Waals surface area contributed by atoms with E-state index in [0.717, 1.165) is 12.8 Å². The van der Waals surface area contributed by atoms with E-state index < -0.39 is 6.04 Å². The largest absolute Gasteiger partial charge is 0.384 e. The van der Waals surface area contributed by atoms with Crippen LogP contribution in [0.1, 0.15) is 68.0 Å². The van der Waals surface area contributed by atoms with E-state index in [4.69, 9.17) is 13.8 Å². The Morgan fingerprint density at radius 2 is 2.00 bits per heavy atom. The first-order valence-corrected chi connectivity index (χ1v) is 9.22. The molecule has 2 amide bonds. The number of ether oxygens (including phenoxy) is 1. The van der Waals surface area contributed by atoms with Gasteiger partial charge in [0.15, 0.2) is 11.6 Å². The standard InChI is InChI=1S/C17H26N6O4/c1-11(15-19-13(21-26-15)8-9-25-3)18-17(24)23(2)10-14-20-16(27-22-14)12-6-4-5-7-12/h11-12H,4-10H2,1-3H3,(H,18,24)/t11-/m1/s1. The summed E-state index contributed by atoms with van der Waals surface area (Å²) in [6.07, 6.45) is 5.14. The van der Waals surface area contributed by atoms with Crippen LogP contribution in [0.4, 0.5) is 4.79 Å². The molecule has 10 nitrogen and oxygen atoms in total. The number of hydrogen-bond donors (Lipinski definition) is 1. The highest BCUT2D eigenvalue weighted by Gasteiger charge is 2.24. The maximum Gasteiger partial charge on any atom is 0.318 e. The summed E-state index contributed by atoms with van der Waals surface area (Å²) in [5.41, 5.74) is 0. The molecule has 0 radical (unpaired) electrons. The van der Waals surface area contributed by atoms with E-state index in [9.17, 15) is 4.79 Å². The molecule has 0 saturated heterocycles. The Labute approximate surface area is 157 Å². The fourth-order valence-electron chi connectivity index (χ4n) is 3.05. The highest BCUT2D eigenvalue weighted by molar-refractivity contribution is 5.74. The van der Waals surface area contributed by atoms with Crippen molar-refractivity contribution in [3.8, 4) is 0 Å². The number of nitrogens with one attached hydrogen (secondary N) is 1. The van der Waals surface area contributed by atoms with Crippen molar-refractivity contribution < 1.29 is 18.6 Å². The molecule has 148 valence electrons. The number of aromatic nitrogens is 4. The summed E-state index contributed by atoms with van der Waals surface area (Å²) in [7, 11) is 3.28. The minimum absolute atomic E-state index is 0.262. The van der Waals surface area contributed by atoms with Gasteiger partial charge in [0.05, 0.1) is 13.2 Å². The van der Waals surface area contributed by atoms with E-state index in [-0.39, 0.29) is 12.6 Å². The maximum atomic E-state index is 12.4. The van der Waals surface area contributed by atoms with Crippen molar-refractivity contribution in [1.82, 2.24) is 30.5 Å². The lowest BCUT2D eigenvalue weighted by Crippen LogP contribution is -2.38. The van der Waals surface area contributed by atoms with Gasteiger partial charge in [0.2, 0.25) is 11.8 Å². The zero-order chi connectivity index (χ0) is 19.2. The number of amides is 2. The number of methoxy groups -OCH3 is 1. The molecule has 1 fully saturated rings. The summed E-state index contributed by atoms with van der Waals surface area (Å²) in [5, 5.41) is 10.7. The van der Waals surface area contributed by atoms with E-state index in [1.807, 2.05) is 0 Å². The smallest absolute Gasteiger partial charge is 0.318 e. The van der Waals surface area contributed by atoms with Gasteiger partial charge in [-0.1, -0.05) is 23.2 Å². The summed E-state index contributed by atoms with van der Waals surface area (Å²) >= 11 is 0. The highest BCUT2D eigenvalue weighted by atomic mass is 16.5. The van der Waals surface area contributed by atoms with Crippen molar-refractivity contribution in [2.45, 2.75) is 57.5 Å². The van der Waals surface area contributed by atoms with Crippen LogP contribution in [0.5, 0.6) is 0 Å². The van der Waals surface area contributed by atoms with Gasteiger partial charge in [0.25, 0.3) is 0 Å². The third-order valence-corrected chi connectivity index (χ3v) is 4.64. The number of carbonyl (C=O) groups excluding carboxylic acids is 1. The molecule has 10 heteroatoms. The van der Waals surface area contributed by atoms with Crippen molar-refractivity contribution in [1.29, 1.82) is 0 Å². The summed E-state index contributed by atoms with van der Waals surface area (Å²) in [4.78, 5) is 22.6. The van der Waals surface area contributed by atoms with Crippen LogP contribution < -0.4 is 5.32 Å². The van der Waals surface area contributed by atoms with Crippen LogP contribution in [0.3, 0.4) is 0 Å². The minimum atomic E-state index is -0.414. The van der Waals surface area contributed by atoms with Crippen LogP contribution >= 0.6 is 0 Å². The predicted molar refractivity (Wildman–Crippen MR) is 93.8 cm³/mol. The van der Waals surface area contributed by atoms with Crippen LogP contribution in [0, 0.1) is 0 Å². The van der Waals surface area contributed by atoms with Gasteiger partial charge in [-0.15, -0.1) is 0 Å². The molecule has 2 aromatic heterocycles. The molecule has 27 heavy (non-hydrogen) atoms. The summed E-state index contributed by atoms with van der Waals surface area (Å²) < 4.78 is 15.5. The SMILES string of the molecule is COCCc1noc([C@@H](C)NC(=O)N(C)Cc2noc(C3CCCC3)n2)n1. The van der Waals surface area contributed by atoms with Crippen molar-refractivity contribution in [2.24, 2.45) is 0 Å². The van der Waals surface area contributed by atoms with E-state index in [2.05, 4.69) is 25.6 Å². The van der Waals surface area contributed by atoms with Gasteiger partial charge in [0, 0.05) is 26.5 Å². The Balaban J connectivity index is 1.50. The Morgan fingerprint density at radius 1 is 1.26 bits per heavy atom. The Kier molecular flexibility index (Phi) is 6.38. The third-order valence-electron chi connectivity index (χ3n) is 4.64. The van der Waals surface area contributed by atoms with Crippen LogP contribution in [-0.2, 0) is 17.7 Å². The van der Waals surface area contributed by atoms with E-state index in [0.29, 0.717) is 42.4 Å². The van der Waals surface area contributed by atoms with E-state index in [1.165, 1.54) is 17.7 Å². The quantitative estimate of drug-likeness (QED) is 0.742. The van der Waals surface area contributed by atoms with E-state index in [1.54, 1.807) is 21.1 Å². The van der Waals surface area contributed by atoms with Crippen LogP contribution in [0.2, 0.25) is 0 Å². The first-order chi connectivity index (χ1) is 13.1. The fraction of sp³-hybridized carbons (Fsp3) is 0.706. The zero-order valence-corrected chi connectivity index (χ0v) is 16.0. The number of carbonyl (C=O) groups is 1. The lowest BCUT2D eigenvalue weighted by atomic mass is 10.1. The second kappa shape index (κ2) is 8.94. The number of urea groups is 1. The van der Waals surface area contributed by atoms with Gasteiger partial charge in [0.1, 0.15) is 6.04 Å².